The Kier molecular flexibility index (Phi) is 14.3. The Morgan fingerprint density at radius 1 is 0.759 bits per heavy atom. The van der Waals surface area contributed by atoms with E-state index < -0.39 is 18.3 Å². The highest BCUT2D eigenvalue weighted by atomic mass is 32.2. The summed E-state index contributed by atoms with van der Waals surface area (Å²) in [7, 11) is -5.89. The molecule has 58 heavy (non-hydrogen) atoms. The van der Waals surface area contributed by atoms with Crippen molar-refractivity contribution in [1.29, 1.82) is 0 Å². The summed E-state index contributed by atoms with van der Waals surface area (Å²) in [6.07, 6.45) is 1.72. The number of hydrogen-bond donors (Lipinski definition) is 4. The first kappa shape index (κ1) is 44.2. The fourth-order valence-corrected chi connectivity index (χ4v) is 8.25. The Hall–Kier alpha value is -4.94. The number of aromatic hydroxyl groups is 1. The van der Waals surface area contributed by atoms with E-state index in [1.165, 1.54) is 0 Å². The number of sulfonamides is 1. The van der Waals surface area contributed by atoms with Gasteiger partial charge in [0.25, 0.3) is 0 Å². The van der Waals surface area contributed by atoms with Crippen LogP contribution in [-0.4, -0.2) is 46.1 Å². The number of ether oxygens (including phenoxy) is 1. The van der Waals surface area contributed by atoms with Crippen LogP contribution in [0.5, 0.6) is 11.5 Å². The number of rotatable bonds is 18. The Morgan fingerprint density at radius 3 is 2.10 bits per heavy atom. The molecular weight excluding hydrogens is 763 g/mol. The van der Waals surface area contributed by atoms with Gasteiger partial charge in [0.2, 0.25) is 15.9 Å². The van der Waals surface area contributed by atoms with Crippen molar-refractivity contribution in [3.05, 3.63) is 149 Å². The molecule has 5 aromatic rings. The van der Waals surface area contributed by atoms with Crippen molar-refractivity contribution < 1.29 is 27.5 Å². The lowest BCUT2D eigenvalue weighted by Crippen LogP contribution is -2.47. The largest absolute Gasteiger partial charge is 0.508 e. The van der Waals surface area contributed by atoms with Crippen LogP contribution in [0.1, 0.15) is 68.5 Å². The van der Waals surface area contributed by atoms with E-state index in [0.717, 1.165) is 45.2 Å². The first-order valence-corrected chi connectivity index (χ1v) is 24.5. The minimum absolute atomic E-state index is 0.0576. The third-order valence-corrected chi connectivity index (χ3v) is 15.6. The predicted octanol–water partition coefficient (Wildman–Crippen LogP) is 9.54. The maximum absolute atomic E-state index is 13.1. The van der Waals surface area contributed by atoms with E-state index in [1.54, 1.807) is 12.1 Å². The first-order chi connectivity index (χ1) is 27.2. The molecule has 0 saturated carbocycles. The van der Waals surface area contributed by atoms with Crippen molar-refractivity contribution in [2.45, 2.75) is 90.4 Å². The van der Waals surface area contributed by atoms with Gasteiger partial charge in [-0.15, -0.1) is 0 Å². The van der Waals surface area contributed by atoms with Crippen molar-refractivity contribution in [2.75, 3.05) is 17.5 Å². The Balaban J connectivity index is 1.26. The van der Waals surface area contributed by atoms with Crippen LogP contribution in [0.2, 0.25) is 18.1 Å². The van der Waals surface area contributed by atoms with Gasteiger partial charge in [0.15, 0.2) is 8.32 Å². The summed E-state index contributed by atoms with van der Waals surface area (Å²) in [6.45, 7) is 16.5. The second-order valence-electron chi connectivity index (χ2n) is 17.2. The van der Waals surface area contributed by atoms with E-state index >= 15 is 0 Å². The molecule has 0 aliphatic carbocycles. The summed E-state index contributed by atoms with van der Waals surface area (Å²) in [5.41, 5.74) is 6.86. The zero-order valence-corrected chi connectivity index (χ0v) is 36.9. The van der Waals surface area contributed by atoms with E-state index in [1.807, 2.05) is 97.1 Å². The molecule has 5 aromatic carbocycles. The number of hydrogen-bond acceptors (Lipinski definition) is 7. The van der Waals surface area contributed by atoms with Crippen LogP contribution in [-0.2, 0) is 45.2 Å². The van der Waals surface area contributed by atoms with Crippen LogP contribution >= 0.6 is 0 Å². The molecule has 0 unspecified atom stereocenters. The third kappa shape index (κ3) is 13.3. The van der Waals surface area contributed by atoms with Gasteiger partial charge in [-0.05, 0) is 108 Å². The second kappa shape index (κ2) is 18.8. The molecule has 1 amide bonds. The number of anilines is 1. The predicted molar refractivity (Wildman–Crippen MR) is 238 cm³/mol. The molecular formula is C47H59N3O6SSi. The van der Waals surface area contributed by atoms with Gasteiger partial charge in [0.1, 0.15) is 18.1 Å². The van der Waals surface area contributed by atoms with Gasteiger partial charge in [-0.3, -0.25) is 9.52 Å². The van der Waals surface area contributed by atoms with Crippen LogP contribution in [0.4, 0.5) is 5.69 Å². The number of phenols is 1. The number of nitrogens with one attached hydrogen (secondary N) is 3. The Morgan fingerprint density at radius 2 is 1.41 bits per heavy atom. The average molecular weight is 822 g/mol. The second-order valence-corrected chi connectivity index (χ2v) is 23.7. The zero-order chi connectivity index (χ0) is 42.1. The van der Waals surface area contributed by atoms with Gasteiger partial charge in [-0.2, -0.15) is 0 Å². The molecule has 0 heterocycles. The molecule has 0 spiro atoms. The van der Waals surface area contributed by atoms with E-state index in [2.05, 4.69) is 75.2 Å². The van der Waals surface area contributed by atoms with Crippen molar-refractivity contribution in [2.24, 2.45) is 0 Å². The highest BCUT2D eigenvalue weighted by Crippen LogP contribution is 2.41. The molecule has 4 N–H and O–H groups in total. The van der Waals surface area contributed by atoms with Gasteiger partial charge in [0, 0.05) is 18.6 Å². The number of carbonyl (C=O) groups is 1. The zero-order valence-electron chi connectivity index (χ0n) is 35.1. The standard InChI is InChI=1S/C47H59N3O6SSi/c1-46(2,3)58(7,8)56-44(40-22-25-43(42(29-40)50-57(6,53)54)55-33-34-14-10-9-11-15-34)32-49-47(4,5)30-36-17-12-16-35(26-36)28-45(52)48-31-37-18-13-19-39(27-37)38-20-23-41(51)24-21-38/h9-27,29,44,49-51H,28,30-33H2,1-8H3,(H,48,52)/t44-/m0/s1. The first-order valence-electron chi connectivity index (χ1n) is 19.7. The molecule has 0 aliphatic rings. The molecule has 0 bridgehead atoms. The summed E-state index contributed by atoms with van der Waals surface area (Å²) in [5, 5.41) is 16.4. The number of carbonyl (C=O) groups excluding carboxylic acids is 1. The van der Waals surface area contributed by atoms with Crippen LogP contribution in [0, 0.1) is 0 Å². The molecule has 5 rings (SSSR count). The molecule has 0 radical (unpaired) electrons. The summed E-state index contributed by atoms with van der Waals surface area (Å²) < 4.78 is 40.9. The number of benzene rings is 5. The smallest absolute Gasteiger partial charge is 0.229 e. The molecule has 1 atom stereocenters. The van der Waals surface area contributed by atoms with Gasteiger partial charge in [-0.1, -0.05) is 112 Å². The topological polar surface area (TPSA) is 126 Å². The van der Waals surface area contributed by atoms with Gasteiger partial charge >= 0.3 is 0 Å². The van der Waals surface area contributed by atoms with Crippen LogP contribution in [0.3, 0.4) is 0 Å². The van der Waals surface area contributed by atoms with E-state index in [9.17, 15) is 18.3 Å². The van der Waals surface area contributed by atoms with Crippen molar-refractivity contribution in [3.63, 3.8) is 0 Å². The molecule has 0 aliphatic heterocycles. The quantitative estimate of drug-likeness (QED) is 0.0649. The molecule has 11 heteroatoms. The minimum Gasteiger partial charge on any atom is -0.508 e. The molecule has 0 aromatic heterocycles. The monoisotopic (exact) mass is 821 g/mol. The highest BCUT2D eigenvalue weighted by molar-refractivity contribution is 7.92. The minimum atomic E-state index is -3.60. The lowest BCUT2D eigenvalue weighted by Gasteiger charge is -2.40. The molecule has 0 fully saturated rings. The Bertz CT molecular complexity index is 2250. The van der Waals surface area contributed by atoms with Gasteiger partial charge in [-0.25, -0.2) is 8.42 Å². The Labute approximate surface area is 346 Å². The van der Waals surface area contributed by atoms with E-state index in [4.69, 9.17) is 9.16 Å². The summed E-state index contributed by atoms with van der Waals surface area (Å²) in [4.78, 5) is 13.1. The van der Waals surface area contributed by atoms with Crippen LogP contribution < -0.4 is 20.1 Å². The maximum Gasteiger partial charge on any atom is 0.229 e. The third-order valence-electron chi connectivity index (χ3n) is 10.5. The summed E-state index contributed by atoms with van der Waals surface area (Å²) in [6, 6.07) is 38.6. The summed E-state index contributed by atoms with van der Waals surface area (Å²) in [5.74, 6) is 0.600. The number of phenolic OH excluding ortho intramolecular Hbond substituents is 1. The van der Waals surface area contributed by atoms with Gasteiger partial charge < -0.3 is 24.9 Å². The normalized spacial score (nSPS) is 12.8. The van der Waals surface area contributed by atoms with Crippen LogP contribution in [0.15, 0.2) is 121 Å². The highest BCUT2D eigenvalue weighted by Gasteiger charge is 2.40. The fourth-order valence-electron chi connectivity index (χ4n) is 6.40. The van der Waals surface area contributed by atoms with Crippen molar-refractivity contribution >= 4 is 29.9 Å². The fraction of sp³-hybridized carbons (Fsp3) is 0.340. The number of amides is 1. The maximum atomic E-state index is 13.1. The lowest BCUT2D eigenvalue weighted by molar-refractivity contribution is -0.120. The van der Waals surface area contributed by atoms with Crippen LogP contribution in [0.25, 0.3) is 11.1 Å². The molecule has 308 valence electrons. The van der Waals surface area contributed by atoms with E-state index in [-0.39, 0.29) is 34.8 Å². The average Bonchev–Trinajstić information content (AvgIpc) is 3.15. The molecule has 0 saturated heterocycles. The van der Waals surface area contributed by atoms with Gasteiger partial charge in [0.05, 0.1) is 24.5 Å². The molecule has 9 nitrogen and oxygen atoms in total. The van der Waals surface area contributed by atoms with Crippen molar-refractivity contribution in [1.82, 2.24) is 10.6 Å². The summed E-state index contributed by atoms with van der Waals surface area (Å²) >= 11 is 0. The lowest BCUT2D eigenvalue weighted by atomic mass is 9.93. The van der Waals surface area contributed by atoms with Crippen molar-refractivity contribution in [3.8, 4) is 22.6 Å². The van der Waals surface area contributed by atoms with E-state index in [0.29, 0.717) is 37.6 Å². The SMILES string of the molecule is CC(C)(Cc1cccc(CC(=O)NCc2cccc(-c3ccc(O)cc3)c2)c1)NC[C@H](O[Si](C)(C)C(C)(C)C)c1ccc(OCc2ccccc2)c(NS(C)(=O)=O)c1.